The zero-order chi connectivity index (χ0) is 33.9. The molecule has 0 aliphatic heterocycles. The number of nitrogens with one attached hydrogen (secondary N) is 1. The van der Waals surface area contributed by atoms with E-state index in [2.05, 4.69) is 5.32 Å². The average molecular weight is 695 g/mol. The average Bonchev–Trinajstić information content (AvgIpc) is 3.04. The number of rotatable bonds is 17. The number of halogens is 2. The van der Waals surface area contributed by atoms with Gasteiger partial charge in [-0.15, -0.1) is 0 Å². The summed E-state index contributed by atoms with van der Waals surface area (Å²) in [5.41, 5.74) is 0.770. The maximum absolute atomic E-state index is 14.3. The fraction of sp³-hybridized carbons (Fsp3) is 0.394. The first-order valence-electron chi connectivity index (χ1n) is 15.0. The van der Waals surface area contributed by atoms with E-state index in [4.69, 9.17) is 37.4 Å². The van der Waals surface area contributed by atoms with Crippen molar-refractivity contribution in [2.45, 2.75) is 57.5 Å². The molecule has 0 spiro atoms. The van der Waals surface area contributed by atoms with Crippen LogP contribution >= 0.6 is 23.2 Å². The van der Waals surface area contributed by atoms with Crippen LogP contribution in [0.15, 0.2) is 65.6 Å². The van der Waals surface area contributed by atoms with Crippen LogP contribution in [0.25, 0.3) is 0 Å². The van der Waals surface area contributed by atoms with Gasteiger partial charge in [-0.3, -0.25) is 13.9 Å². The van der Waals surface area contributed by atoms with Crippen molar-refractivity contribution in [1.82, 2.24) is 10.2 Å². The second-order valence-electron chi connectivity index (χ2n) is 10.3. The highest BCUT2D eigenvalue weighted by molar-refractivity contribution is 7.92. The lowest BCUT2D eigenvalue weighted by Gasteiger charge is -2.33. The van der Waals surface area contributed by atoms with Crippen molar-refractivity contribution in [2.24, 2.45) is 0 Å². The molecule has 1 atom stereocenters. The molecule has 0 saturated heterocycles. The Morgan fingerprint density at radius 1 is 0.913 bits per heavy atom. The van der Waals surface area contributed by atoms with Gasteiger partial charge in [-0.1, -0.05) is 49.5 Å². The summed E-state index contributed by atoms with van der Waals surface area (Å²) in [5, 5.41) is 3.63. The van der Waals surface area contributed by atoms with E-state index >= 15 is 0 Å². The molecule has 46 heavy (non-hydrogen) atoms. The minimum Gasteiger partial charge on any atom is -0.494 e. The maximum Gasteiger partial charge on any atom is 0.264 e. The van der Waals surface area contributed by atoms with E-state index in [9.17, 15) is 18.0 Å². The Balaban J connectivity index is 2.11. The highest BCUT2D eigenvalue weighted by atomic mass is 35.5. The molecular formula is C33H41Cl2N3O7S. The van der Waals surface area contributed by atoms with Crippen molar-refractivity contribution < 1.29 is 32.2 Å². The fourth-order valence-electron chi connectivity index (χ4n) is 4.77. The molecule has 0 saturated carbocycles. The number of methoxy groups -OCH3 is 2. The summed E-state index contributed by atoms with van der Waals surface area (Å²) in [7, 11) is -1.51. The van der Waals surface area contributed by atoms with E-state index in [-0.39, 0.29) is 35.2 Å². The molecule has 0 radical (unpaired) electrons. The Morgan fingerprint density at radius 3 is 2.20 bits per heavy atom. The number of sulfonamides is 1. The first-order chi connectivity index (χ1) is 22.0. The molecule has 0 aliphatic rings. The lowest BCUT2D eigenvalue weighted by atomic mass is 10.1. The fourth-order valence-corrected chi connectivity index (χ4v) is 6.67. The summed E-state index contributed by atoms with van der Waals surface area (Å²) in [5.74, 6) is 0.132. The third kappa shape index (κ3) is 9.20. The topological polar surface area (TPSA) is 114 Å². The van der Waals surface area contributed by atoms with Crippen molar-refractivity contribution >= 4 is 50.7 Å². The first kappa shape index (κ1) is 36.8. The molecule has 0 heterocycles. The van der Waals surface area contributed by atoms with Crippen LogP contribution in [0.4, 0.5) is 5.69 Å². The summed E-state index contributed by atoms with van der Waals surface area (Å²) in [6.07, 6.45) is 1.93. The smallest absolute Gasteiger partial charge is 0.264 e. The Bertz CT molecular complexity index is 1590. The zero-order valence-electron chi connectivity index (χ0n) is 26.7. The SMILES string of the molecule is CCCCNC(=O)[C@@H](CC)N(Cc1ccc(Cl)cc1Cl)C(=O)CN(c1ccc(OCC)cc1)S(=O)(=O)c1ccc(OC)c(OC)c1. The van der Waals surface area contributed by atoms with Crippen LogP contribution in [0.2, 0.25) is 10.0 Å². The van der Waals surface area contributed by atoms with Crippen LogP contribution in [-0.4, -0.2) is 65.1 Å². The molecule has 0 unspecified atom stereocenters. The van der Waals surface area contributed by atoms with Crippen molar-refractivity contribution in [3.05, 3.63) is 76.3 Å². The molecule has 0 aromatic heterocycles. The molecular weight excluding hydrogens is 653 g/mol. The predicted molar refractivity (Wildman–Crippen MR) is 181 cm³/mol. The van der Waals surface area contributed by atoms with Gasteiger partial charge in [0.2, 0.25) is 11.8 Å². The first-order valence-corrected chi connectivity index (χ1v) is 17.2. The van der Waals surface area contributed by atoms with Crippen LogP contribution in [-0.2, 0) is 26.2 Å². The molecule has 13 heteroatoms. The van der Waals surface area contributed by atoms with E-state index < -0.39 is 28.5 Å². The van der Waals surface area contributed by atoms with Gasteiger partial charge in [-0.25, -0.2) is 8.42 Å². The zero-order valence-corrected chi connectivity index (χ0v) is 29.0. The maximum atomic E-state index is 14.3. The van der Waals surface area contributed by atoms with Gasteiger partial charge < -0.3 is 24.4 Å². The molecule has 250 valence electrons. The number of anilines is 1. The Morgan fingerprint density at radius 2 is 1.61 bits per heavy atom. The molecule has 10 nitrogen and oxygen atoms in total. The number of unbranched alkanes of at least 4 members (excludes halogenated alkanes) is 1. The quantitative estimate of drug-likeness (QED) is 0.164. The van der Waals surface area contributed by atoms with Gasteiger partial charge in [0.05, 0.1) is 31.4 Å². The molecule has 1 N–H and O–H groups in total. The lowest BCUT2D eigenvalue weighted by molar-refractivity contribution is -0.140. The monoisotopic (exact) mass is 693 g/mol. The number of carbonyl (C=O) groups is 2. The number of benzene rings is 3. The second-order valence-corrected chi connectivity index (χ2v) is 13.0. The molecule has 3 rings (SSSR count). The van der Waals surface area contributed by atoms with Crippen LogP contribution < -0.4 is 23.8 Å². The molecule has 0 aliphatic carbocycles. The highest BCUT2D eigenvalue weighted by Gasteiger charge is 2.34. The van der Waals surface area contributed by atoms with Crippen molar-refractivity contribution in [3.63, 3.8) is 0 Å². The third-order valence-electron chi connectivity index (χ3n) is 7.23. The van der Waals surface area contributed by atoms with Gasteiger partial charge in [0.15, 0.2) is 11.5 Å². The number of ether oxygens (including phenoxy) is 3. The minimum absolute atomic E-state index is 0.0535. The van der Waals surface area contributed by atoms with E-state index in [0.717, 1.165) is 17.1 Å². The lowest BCUT2D eigenvalue weighted by Crippen LogP contribution is -2.52. The molecule has 3 aromatic carbocycles. The van der Waals surface area contributed by atoms with E-state index in [0.29, 0.717) is 40.3 Å². The van der Waals surface area contributed by atoms with Crippen molar-refractivity contribution in [1.29, 1.82) is 0 Å². The van der Waals surface area contributed by atoms with Crippen molar-refractivity contribution in [2.75, 3.05) is 38.2 Å². The Kier molecular flexibility index (Phi) is 13.8. The standard InChI is InChI=1S/C33H41Cl2N3O7S/c1-6-9-18-36-33(40)29(7-2)37(21-23-10-11-24(34)19-28(23)35)32(39)22-38(25-12-14-26(15-13-25)45-8-3)46(41,42)27-16-17-30(43-4)31(20-27)44-5/h10-17,19-20,29H,6-9,18,21-22H2,1-5H3,(H,36,40)/t29-/m1/s1. The largest absolute Gasteiger partial charge is 0.494 e. The van der Waals surface area contributed by atoms with Gasteiger partial charge >= 0.3 is 0 Å². The summed E-state index contributed by atoms with van der Waals surface area (Å²) in [6.45, 7) is 5.84. The molecule has 2 amide bonds. The van der Waals surface area contributed by atoms with E-state index in [1.54, 1.807) is 49.4 Å². The van der Waals surface area contributed by atoms with E-state index in [1.807, 2.05) is 13.8 Å². The Hall–Kier alpha value is -3.67. The van der Waals surface area contributed by atoms with Crippen molar-refractivity contribution in [3.8, 4) is 17.2 Å². The van der Waals surface area contributed by atoms with E-state index in [1.165, 1.54) is 37.3 Å². The molecule has 0 fully saturated rings. The predicted octanol–water partition coefficient (Wildman–Crippen LogP) is 6.33. The molecule has 0 bridgehead atoms. The third-order valence-corrected chi connectivity index (χ3v) is 9.59. The number of hydrogen-bond acceptors (Lipinski definition) is 7. The summed E-state index contributed by atoms with van der Waals surface area (Å²) in [4.78, 5) is 29.0. The van der Waals surface area contributed by atoms with Crippen LogP contribution in [0.3, 0.4) is 0 Å². The number of hydrogen-bond donors (Lipinski definition) is 1. The summed E-state index contributed by atoms with van der Waals surface area (Å²) in [6, 6.07) is 14.5. The van der Waals surface area contributed by atoms with Gasteiger partial charge in [-0.05, 0) is 73.9 Å². The van der Waals surface area contributed by atoms with Crippen LogP contribution in [0.5, 0.6) is 17.2 Å². The molecule has 3 aromatic rings. The van der Waals surface area contributed by atoms with Gasteiger partial charge in [0, 0.05) is 29.2 Å². The van der Waals surface area contributed by atoms with Gasteiger partial charge in [0.1, 0.15) is 18.3 Å². The van der Waals surface area contributed by atoms with Gasteiger partial charge in [0.25, 0.3) is 10.0 Å². The summed E-state index contributed by atoms with van der Waals surface area (Å²) < 4.78 is 45.7. The summed E-state index contributed by atoms with van der Waals surface area (Å²) >= 11 is 12.6. The highest BCUT2D eigenvalue weighted by Crippen LogP contribution is 2.33. The number of amides is 2. The number of nitrogens with zero attached hydrogens (tertiary/aromatic N) is 2. The van der Waals surface area contributed by atoms with Crippen LogP contribution in [0, 0.1) is 0 Å². The second kappa shape index (κ2) is 17.3. The number of carbonyl (C=O) groups excluding carboxylic acids is 2. The normalized spacial score (nSPS) is 11.8. The Labute approximate surface area is 281 Å². The van der Waals surface area contributed by atoms with Crippen LogP contribution in [0.1, 0.15) is 45.6 Å². The van der Waals surface area contributed by atoms with Gasteiger partial charge in [-0.2, -0.15) is 0 Å². The minimum atomic E-state index is -4.36.